The normalized spacial score (nSPS) is 11.9. The van der Waals surface area contributed by atoms with Crippen LogP contribution in [0.2, 0.25) is 0 Å². The van der Waals surface area contributed by atoms with Gasteiger partial charge in [-0.1, -0.05) is 31.2 Å². The minimum atomic E-state index is -0.921. The molecule has 2 N–H and O–H groups in total. The van der Waals surface area contributed by atoms with Crippen LogP contribution in [-0.4, -0.2) is 40.6 Å². The smallest absolute Gasteiger partial charge is 0.317 e. The Bertz CT molecular complexity index is 687. The van der Waals surface area contributed by atoms with E-state index in [2.05, 4.69) is 10.3 Å². The highest BCUT2D eigenvalue weighted by Gasteiger charge is 2.17. The Balaban J connectivity index is 1.93. The fourth-order valence-electron chi connectivity index (χ4n) is 2.08. The Morgan fingerprint density at radius 2 is 2.00 bits per heavy atom. The van der Waals surface area contributed by atoms with Gasteiger partial charge in [-0.05, 0) is 12.1 Å². The molecular formula is C16H19N3O3. The van der Waals surface area contributed by atoms with Crippen LogP contribution in [0.25, 0.3) is 10.9 Å². The molecule has 1 aromatic heterocycles. The van der Waals surface area contributed by atoms with E-state index >= 15 is 0 Å². The van der Waals surface area contributed by atoms with Gasteiger partial charge in [-0.15, -0.1) is 0 Å². The van der Waals surface area contributed by atoms with Gasteiger partial charge in [-0.25, -0.2) is 4.79 Å². The number of benzene rings is 1. The molecule has 2 amide bonds. The number of aromatic nitrogens is 1. The lowest BCUT2D eigenvalue weighted by Gasteiger charge is -2.19. The Hall–Kier alpha value is -2.63. The molecule has 0 aliphatic rings. The third-order valence-electron chi connectivity index (χ3n) is 3.39. The van der Waals surface area contributed by atoms with E-state index in [0.29, 0.717) is 6.54 Å². The lowest BCUT2D eigenvalue weighted by atomic mass is 10.2. The number of hydrogen-bond acceptors (Lipinski definition) is 3. The van der Waals surface area contributed by atoms with Crippen LogP contribution in [0.3, 0.4) is 0 Å². The van der Waals surface area contributed by atoms with Crippen molar-refractivity contribution in [3.63, 3.8) is 0 Å². The van der Waals surface area contributed by atoms with Crippen molar-refractivity contribution in [2.75, 3.05) is 13.6 Å². The number of carboxylic acids is 1. The van der Waals surface area contributed by atoms with Crippen molar-refractivity contribution < 1.29 is 14.7 Å². The molecule has 22 heavy (non-hydrogen) atoms. The third-order valence-corrected chi connectivity index (χ3v) is 3.39. The molecule has 0 aliphatic carbocycles. The number of carboxylic acid groups (broad SMARTS) is 1. The van der Waals surface area contributed by atoms with Crippen molar-refractivity contribution in [2.24, 2.45) is 5.92 Å². The summed E-state index contributed by atoms with van der Waals surface area (Å²) >= 11 is 0. The van der Waals surface area contributed by atoms with Crippen LogP contribution in [0.15, 0.2) is 36.4 Å². The predicted octanol–water partition coefficient (Wildman–Crippen LogP) is 2.10. The quantitative estimate of drug-likeness (QED) is 0.886. The summed E-state index contributed by atoms with van der Waals surface area (Å²) in [5, 5.41) is 12.6. The maximum Gasteiger partial charge on any atom is 0.317 e. The molecule has 1 heterocycles. The fourth-order valence-corrected chi connectivity index (χ4v) is 2.08. The zero-order valence-electron chi connectivity index (χ0n) is 12.6. The molecule has 116 valence electrons. The number of carbonyl (C=O) groups is 2. The first-order valence-corrected chi connectivity index (χ1v) is 7.04. The first-order valence-electron chi connectivity index (χ1n) is 7.04. The highest BCUT2D eigenvalue weighted by atomic mass is 16.4. The van der Waals surface area contributed by atoms with Gasteiger partial charge in [0, 0.05) is 19.0 Å². The zero-order valence-corrected chi connectivity index (χ0v) is 12.6. The number of amides is 2. The molecule has 0 bridgehead atoms. The number of carbonyl (C=O) groups excluding carboxylic acids is 1. The van der Waals surface area contributed by atoms with Crippen molar-refractivity contribution >= 4 is 22.9 Å². The van der Waals surface area contributed by atoms with Crippen LogP contribution < -0.4 is 5.32 Å². The molecule has 1 atom stereocenters. The SMILES string of the molecule is CC(CN(C)C(=O)NCc1ccc2ccccc2n1)C(=O)O. The predicted molar refractivity (Wildman–Crippen MR) is 83.4 cm³/mol. The summed E-state index contributed by atoms with van der Waals surface area (Å²) in [6.45, 7) is 2.03. The molecule has 0 fully saturated rings. The summed E-state index contributed by atoms with van der Waals surface area (Å²) in [4.78, 5) is 28.6. The average molecular weight is 301 g/mol. The van der Waals surface area contributed by atoms with E-state index in [4.69, 9.17) is 5.11 Å². The zero-order chi connectivity index (χ0) is 16.1. The molecule has 2 aromatic rings. The maximum atomic E-state index is 11.9. The van der Waals surface area contributed by atoms with Crippen LogP contribution in [0, 0.1) is 5.92 Å². The lowest BCUT2D eigenvalue weighted by Crippen LogP contribution is -2.40. The molecule has 6 nitrogen and oxygen atoms in total. The molecule has 0 aliphatic heterocycles. The van der Waals surface area contributed by atoms with Crippen molar-refractivity contribution in [1.82, 2.24) is 15.2 Å². The van der Waals surface area contributed by atoms with Gasteiger partial charge < -0.3 is 15.3 Å². The number of hydrogen-bond donors (Lipinski definition) is 2. The Morgan fingerprint density at radius 3 is 2.73 bits per heavy atom. The van der Waals surface area contributed by atoms with Gasteiger partial charge in [-0.3, -0.25) is 9.78 Å². The summed E-state index contributed by atoms with van der Waals surface area (Å²) in [5.74, 6) is -1.52. The van der Waals surface area contributed by atoms with Gasteiger partial charge in [-0.2, -0.15) is 0 Å². The molecule has 1 aromatic carbocycles. The number of urea groups is 1. The number of para-hydroxylation sites is 1. The van der Waals surface area contributed by atoms with E-state index in [-0.39, 0.29) is 12.6 Å². The summed E-state index contributed by atoms with van der Waals surface area (Å²) < 4.78 is 0. The molecule has 0 saturated carbocycles. The molecule has 0 saturated heterocycles. The van der Waals surface area contributed by atoms with Gasteiger partial charge >= 0.3 is 12.0 Å². The monoisotopic (exact) mass is 301 g/mol. The van der Waals surface area contributed by atoms with E-state index in [0.717, 1.165) is 16.6 Å². The van der Waals surface area contributed by atoms with Gasteiger partial charge in [0.05, 0.1) is 23.7 Å². The minimum absolute atomic E-state index is 0.159. The largest absolute Gasteiger partial charge is 0.481 e. The van der Waals surface area contributed by atoms with Crippen molar-refractivity contribution in [3.05, 3.63) is 42.1 Å². The second-order valence-corrected chi connectivity index (χ2v) is 5.27. The average Bonchev–Trinajstić information content (AvgIpc) is 2.52. The van der Waals surface area contributed by atoms with Crippen LogP contribution in [0.5, 0.6) is 0 Å². The van der Waals surface area contributed by atoms with Crippen LogP contribution in [0.4, 0.5) is 4.79 Å². The van der Waals surface area contributed by atoms with Gasteiger partial charge in [0.2, 0.25) is 0 Å². The Kier molecular flexibility index (Phi) is 4.93. The second kappa shape index (κ2) is 6.89. The van der Waals surface area contributed by atoms with Gasteiger partial charge in [0.1, 0.15) is 0 Å². The standard InChI is InChI=1S/C16H19N3O3/c1-11(15(20)21)10-19(2)16(22)17-9-13-8-7-12-5-3-4-6-14(12)18-13/h3-8,11H,9-10H2,1-2H3,(H,17,22)(H,20,21). The van der Waals surface area contributed by atoms with E-state index in [1.54, 1.807) is 14.0 Å². The first-order chi connectivity index (χ1) is 10.5. The number of nitrogens with one attached hydrogen (secondary N) is 1. The van der Waals surface area contributed by atoms with E-state index < -0.39 is 11.9 Å². The summed E-state index contributed by atoms with van der Waals surface area (Å²) in [6.07, 6.45) is 0. The van der Waals surface area contributed by atoms with Crippen molar-refractivity contribution in [3.8, 4) is 0 Å². The number of aliphatic carboxylic acids is 1. The summed E-state index contributed by atoms with van der Waals surface area (Å²) in [7, 11) is 1.57. The van der Waals surface area contributed by atoms with Gasteiger partial charge in [0.25, 0.3) is 0 Å². The Labute approximate surface area is 128 Å². The summed E-state index contributed by atoms with van der Waals surface area (Å²) in [6, 6.07) is 11.3. The maximum absolute atomic E-state index is 11.9. The van der Waals surface area contributed by atoms with E-state index in [1.165, 1.54) is 4.90 Å². The fraction of sp³-hybridized carbons (Fsp3) is 0.312. The highest BCUT2D eigenvalue weighted by molar-refractivity contribution is 5.78. The number of fused-ring (bicyclic) bond motifs is 1. The molecule has 1 unspecified atom stereocenters. The third kappa shape index (κ3) is 3.94. The van der Waals surface area contributed by atoms with Gasteiger partial charge in [0.15, 0.2) is 0 Å². The van der Waals surface area contributed by atoms with Crippen LogP contribution in [0.1, 0.15) is 12.6 Å². The van der Waals surface area contributed by atoms with Crippen LogP contribution >= 0.6 is 0 Å². The highest BCUT2D eigenvalue weighted by Crippen LogP contribution is 2.11. The molecule has 0 spiro atoms. The molecule has 6 heteroatoms. The topological polar surface area (TPSA) is 82.5 Å². The lowest BCUT2D eigenvalue weighted by molar-refractivity contribution is -0.141. The second-order valence-electron chi connectivity index (χ2n) is 5.27. The summed E-state index contributed by atoms with van der Waals surface area (Å²) in [5.41, 5.74) is 1.63. The first kappa shape index (κ1) is 15.8. The van der Waals surface area contributed by atoms with Crippen molar-refractivity contribution in [1.29, 1.82) is 0 Å². The van der Waals surface area contributed by atoms with E-state index in [1.807, 2.05) is 36.4 Å². The number of rotatable bonds is 5. The van der Waals surface area contributed by atoms with Crippen LogP contribution in [-0.2, 0) is 11.3 Å². The molecule has 2 rings (SSSR count). The Morgan fingerprint density at radius 1 is 1.27 bits per heavy atom. The molecule has 0 radical (unpaired) electrons. The minimum Gasteiger partial charge on any atom is -0.481 e. The molecular weight excluding hydrogens is 282 g/mol. The number of pyridine rings is 1. The van der Waals surface area contributed by atoms with E-state index in [9.17, 15) is 9.59 Å². The van der Waals surface area contributed by atoms with Crippen molar-refractivity contribution in [2.45, 2.75) is 13.5 Å². The number of nitrogens with zero attached hydrogens (tertiary/aromatic N) is 2.